The predicted molar refractivity (Wildman–Crippen MR) is 82.9 cm³/mol. The maximum absolute atomic E-state index is 9.32. The molecule has 0 saturated carbocycles. The van der Waals surface area contributed by atoms with Gasteiger partial charge in [-0.15, -0.1) is 11.3 Å². The Bertz CT molecular complexity index is 746. The first-order valence-electron chi connectivity index (χ1n) is 6.07. The Hall–Kier alpha value is -1.35. The largest absolute Gasteiger partial charge is 0.392 e. The first kappa shape index (κ1) is 12.7. The lowest BCUT2D eigenvalue weighted by Gasteiger charge is -2.06. The van der Waals surface area contributed by atoms with Crippen LogP contribution in [0.1, 0.15) is 11.1 Å². The zero-order valence-corrected chi connectivity index (χ0v) is 12.1. The maximum atomic E-state index is 9.32. The quantitative estimate of drug-likeness (QED) is 0.702. The molecule has 3 rings (SSSR count). The highest BCUT2D eigenvalue weighted by Gasteiger charge is 2.11. The van der Waals surface area contributed by atoms with E-state index >= 15 is 0 Å². The maximum Gasteiger partial charge on any atom is 0.0682 e. The van der Waals surface area contributed by atoms with Gasteiger partial charge in [-0.05, 0) is 41.1 Å². The van der Waals surface area contributed by atoms with Crippen LogP contribution < -0.4 is 0 Å². The molecule has 0 aliphatic heterocycles. The van der Waals surface area contributed by atoms with Crippen LogP contribution in [-0.4, -0.2) is 5.11 Å². The van der Waals surface area contributed by atoms with Gasteiger partial charge in [-0.1, -0.05) is 35.9 Å². The Labute approximate surface area is 121 Å². The van der Waals surface area contributed by atoms with E-state index in [1.54, 1.807) is 11.3 Å². The number of fused-ring (bicyclic) bond motifs is 1. The van der Waals surface area contributed by atoms with Gasteiger partial charge in [-0.3, -0.25) is 0 Å². The van der Waals surface area contributed by atoms with Crippen molar-refractivity contribution in [1.29, 1.82) is 0 Å². The monoisotopic (exact) mass is 288 g/mol. The summed E-state index contributed by atoms with van der Waals surface area (Å²) in [6.45, 7) is 2.12. The topological polar surface area (TPSA) is 20.2 Å². The van der Waals surface area contributed by atoms with Gasteiger partial charge in [-0.2, -0.15) is 0 Å². The second-order valence-electron chi connectivity index (χ2n) is 4.58. The van der Waals surface area contributed by atoms with Gasteiger partial charge < -0.3 is 5.11 Å². The number of aliphatic hydroxyl groups is 1. The van der Waals surface area contributed by atoms with Crippen LogP contribution in [0.3, 0.4) is 0 Å². The Balaban J connectivity index is 2.31. The average molecular weight is 289 g/mol. The van der Waals surface area contributed by atoms with E-state index in [2.05, 4.69) is 24.4 Å². The molecule has 3 heteroatoms. The molecular weight excluding hydrogens is 276 g/mol. The molecule has 0 bridgehead atoms. The van der Waals surface area contributed by atoms with Crippen LogP contribution >= 0.6 is 22.9 Å². The van der Waals surface area contributed by atoms with Crippen molar-refractivity contribution >= 4 is 33.0 Å². The highest BCUT2D eigenvalue weighted by molar-refractivity contribution is 7.18. The molecule has 0 amide bonds. The highest BCUT2D eigenvalue weighted by atomic mass is 35.5. The lowest BCUT2D eigenvalue weighted by molar-refractivity contribution is 0.282. The van der Waals surface area contributed by atoms with Crippen molar-refractivity contribution in [2.75, 3.05) is 0 Å². The van der Waals surface area contributed by atoms with E-state index in [1.165, 1.54) is 16.7 Å². The van der Waals surface area contributed by atoms with Crippen LogP contribution in [0.15, 0.2) is 41.8 Å². The van der Waals surface area contributed by atoms with Gasteiger partial charge in [0.25, 0.3) is 0 Å². The van der Waals surface area contributed by atoms with Gasteiger partial charge >= 0.3 is 0 Å². The standard InChI is InChI=1S/C16H13ClOS/c1-10-4-2-3-5-12(10)14-9-19-16-13(14)6-11(8-18)7-15(16)17/h2-7,9,18H,8H2,1H3. The van der Waals surface area contributed by atoms with Gasteiger partial charge in [0.15, 0.2) is 0 Å². The minimum absolute atomic E-state index is 0.0126. The third-order valence-electron chi connectivity index (χ3n) is 3.31. The summed E-state index contributed by atoms with van der Waals surface area (Å²) in [5, 5.41) is 13.3. The molecule has 19 heavy (non-hydrogen) atoms. The first-order valence-corrected chi connectivity index (χ1v) is 7.33. The molecule has 0 unspecified atom stereocenters. The smallest absolute Gasteiger partial charge is 0.0682 e. The van der Waals surface area contributed by atoms with Gasteiger partial charge in [-0.25, -0.2) is 0 Å². The number of thiophene rings is 1. The number of rotatable bonds is 2. The van der Waals surface area contributed by atoms with Gasteiger partial charge in [0.1, 0.15) is 0 Å². The summed E-state index contributed by atoms with van der Waals surface area (Å²) in [5.41, 5.74) is 4.51. The molecule has 2 aromatic carbocycles. The summed E-state index contributed by atoms with van der Waals surface area (Å²) in [5.74, 6) is 0. The van der Waals surface area contributed by atoms with E-state index in [4.69, 9.17) is 11.6 Å². The molecule has 0 atom stereocenters. The summed E-state index contributed by atoms with van der Waals surface area (Å²) >= 11 is 7.93. The third-order valence-corrected chi connectivity index (χ3v) is 4.75. The summed E-state index contributed by atoms with van der Waals surface area (Å²) in [6.07, 6.45) is 0. The van der Waals surface area contributed by atoms with E-state index in [-0.39, 0.29) is 6.61 Å². The number of aliphatic hydroxyl groups excluding tert-OH is 1. The second-order valence-corrected chi connectivity index (χ2v) is 5.86. The predicted octanol–water partition coefficient (Wildman–Crippen LogP) is 5.02. The van der Waals surface area contributed by atoms with Crippen LogP contribution in [0.5, 0.6) is 0 Å². The normalized spacial score (nSPS) is 11.1. The fourth-order valence-corrected chi connectivity index (χ4v) is 3.66. The number of benzene rings is 2. The van der Waals surface area contributed by atoms with E-state index in [9.17, 15) is 5.11 Å². The second kappa shape index (κ2) is 4.97. The van der Waals surface area contributed by atoms with Gasteiger partial charge in [0.2, 0.25) is 0 Å². The lowest BCUT2D eigenvalue weighted by Crippen LogP contribution is -1.85. The Morgan fingerprint density at radius 3 is 2.68 bits per heavy atom. The Morgan fingerprint density at radius 2 is 1.95 bits per heavy atom. The molecule has 0 spiro atoms. The van der Waals surface area contributed by atoms with Crippen LogP contribution in [0, 0.1) is 6.92 Å². The molecule has 96 valence electrons. The van der Waals surface area contributed by atoms with Crippen LogP contribution in [0.25, 0.3) is 21.2 Å². The van der Waals surface area contributed by atoms with Gasteiger partial charge in [0, 0.05) is 10.9 Å². The average Bonchev–Trinajstić information content (AvgIpc) is 2.83. The van der Waals surface area contributed by atoms with Crippen LogP contribution in [0.2, 0.25) is 5.02 Å². The lowest BCUT2D eigenvalue weighted by atomic mass is 9.99. The molecule has 0 aliphatic carbocycles. The highest BCUT2D eigenvalue weighted by Crippen LogP contribution is 2.39. The summed E-state index contributed by atoms with van der Waals surface area (Å²) < 4.78 is 1.08. The molecule has 0 radical (unpaired) electrons. The number of halogens is 1. The van der Waals surface area contributed by atoms with Crippen molar-refractivity contribution in [3.63, 3.8) is 0 Å². The van der Waals surface area contributed by atoms with E-state index in [0.717, 1.165) is 15.6 Å². The number of aryl methyl sites for hydroxylation is 1. The van der Waals surface area contributed by atoms with Crippen molar-refractivity contribution in [2.24, 2.45) is 0 Å². The molecule has 0 aliphatic rings. The summed E-state index contributed by atoms with van der Waals surface area (Å²) in [6, 6.07) is 12.2. The SMILES string of the molecule is Cc1ccccc1-c1csc2c(Cl)cc(CO)cc12. The minimum Gasteiger partial charge on any atom is -0.392 e. The number of hydrogen-bond donors (Lipinski definition) is 1. The van der Waals surface area contributed by atoms with Crippen molar-refractivity contribution < 1.29 is 5.11 Å². The first-order chi connectivity index (χ1) is 9.20. The fourth-order valence-electron chi connectivity index (χ4n) is 2.33. The fraction of sp³-hybridized carbons (Fsp3) is 0.125. The third kappa shape index (κ3) is 2.16. The van der Waals surface area contributed by atoms with Crippen molar-refractivity contribution in [1.82, 2.24) is 0 Å². The zero-order valence-electron chi connectivity index (χ0n) is 10.5. The van der Waals surface area contributed by atoms with E-state index < -0.39 is 0 Å². The molecular formula is C16H13ClOS. The number of hydrogen-bond acceptors (Lipinski definition) is 2. The van der Waals surface area contributed by atoms with Crippen LogP contribution in [0.4, 0.5) is 0 Å². The van der Waals surface area contributed by atoms with E-state index in [1.807, 2.05) is 24.3 Å². The van der Waals surface area contributed by atoms with Crippen molar-refractivity contribution in [2.45, 2.75) is 13.5 Å². The summed E-state index contributed by atoms with van der Waals surface area (Å²) in [7, 11) is 0. The molecule has 3 aromatic rings. The zero-order chi connectivity index (χ0) is 13.4. The Kier molecular flexibility index (Phi) is 3.31. The van der Waals surface area contributed by atoms with Crippen molar-refractivity contribution in [3.8, 4) is 11.1 Å². The molecule has 1 aromatic heterocycles. The van der Waals surface area contributed by atoms with Crippen molar-refractivity contribution in [3.05, 3.63) is 57.9 Å². The molecule has 0 fully saturated rings. The molecule has 1 N–H and O–H groups in total. The Morgan fingerprint density at radius 1 is 1.16 bits per heavy atom. The molecule has 1 heterocycles. The van der Waals surface area contributed by atoms with Crippen LogP contribution in [-0.2, 0) is 6.61 Å². The summed E-state index contributed by atoms with van der Waals surface area (Å²) in [4.78, 5) is 0. The van der Waals surface area contributed by atoms with Gasteiger partial charge in [0.05, 0.1) is 16.3 Å². The minimum atomic E-state index is 0.0126. The van der Waals surface area contributed by atoms with E-state index in [0.29, 0.717) is 5.02 Å². The molecule has 0 saturated heterocycles. The molecule has 1 nitrogen and oxygen atoms in total.